The SMILES string of the molecule is O=C1NC(=S)N(c2cccc(C(F)(F)F)c2)C(=O)/C1=C/c1cn(Cc2ccc(Cl)cc2Cl)c2ccccc12. The molecule has 1 fully saturated rings. The Morgan fingerprint density at radius 2 is 1.74 bits per heavy atom. The molecule has 3 aromatic carbocycles. The van der Waals surface area contributed by atoms with Crippen LogP contribution >= 0.6 is 35.4 Å². The summed E-state index contributed by atoms with van der Waals surface area (Å²) in [5.74, 6) is -1.59. The average Bonchev–Trinajstić information content (AvgIpc) is 3.20. The largest absolute Gasteiger partial charge is 0.416 e. The second-order valence-electron chi connectivity index (χ2n) is 8.47. The number of nitrogens with zero attached hydrogens (tertiary/aromatic N) is 2. The molecule has 0 radical (unpaired) electrons. The molecule has 0 unspecified atom stereocenters. The van der Waals surface area contributed by atoms with Gasteiger partial charge in [-0.25, -0.2) is 0 Å². The quantitative estimate of drug-likeness (QED) is 0.165. The molecule has 0 spiro atoms. The van der Waals surface area contributed by atoms with E-state index in [0.717, 1.165) is 33.5 Å². The van der Waals surface area contributed by atoms with Crippen LogP contribution in [0.5, 0.6) is 0 Å². The van der Waals surface area contributed by atoms with Crippen LogP contribution in [0.15, 0.2) is 78.5 Å². The topological polar surface area (TPSA) is 54.3 Å². The van der Waals surface area contributed by atoms with Gasteiger partial charge in [-0.1, -0.05) is 53.5 Å². The molecule has 11 heteroatoms. The van der Waals surface area contributed by atoms with Crippen LogP contribution in [0.1, 0.15) is 16.7 Å². The zero-order valence-electron chi connectivity index (χ0n) is 19.2. The van der Waals surface area contributed by atoms with E-state index in [1.807, 2.05) is 34.9 Å². The van der Waals surface area contributed by atoms with Crippen molar-refractivity contribution in [3.05, 3.63) is 105 Å². The molecule has 1 N–H and O–H groups in total. The van der Waals surface area contributed by atoms with Gasteiger partial charge in [-0.15, -0.1) is 0 Å². The summed E-state index contributed by atoms with van der Waals surface area (Å²) in [6, 6.07) is 16.7. The lowest BCUT2D eigenvalue weighted by atomic mass is 10.1. The number of alkyl halides is 3. The average molecular weight is 574 g/mol. The summed E-state index contributed by atoms with van der Waals surface area (Å²) in [4.78, 5) is 27.1. The Morgan fingerprint density at radius 3 is 2.47 bits per heavy atom. The first kappa shape index (κ1) is 26.0. The number of anilines is 1. The number of nitrogens with one attached hydrogen (secondary N) is 1. The van der Waals surface area contributed by atoms with Crippen LogP contribution in [-0.2, 0) is 22.3 Å². The molecule has 0 saturated carbocycles. The zero-order chi connectivity index (χ0) is 27.2. The van der Waals surface area contributed by atoms with Crippen LogP contribution in [0.4, 0.5) is 18.9 Å². The molecule has 0 bridgehead atoms. The standard InChI is InChI=1S/C27H16Cl2F3N3O2S/c28-18-9-8-15(22(29)12-18)13-34-14-16(20-6-1-2-7-23(20)34)10-21-24(36)33-26(38)35(25(21)37)19-5-3-4-17(11-19)27(30,31)32/h1-12,14H,13H2,(H,33,36,38)/b21-10+. The molecular weight excluding hydrogens is 558 g/mol. The molecule has 38 heavy (non-hydrogen) atoms. The minimum absolute atomic E-state index is 0.111. The normalized spacial score (nSPS) is 15.4. The van der Waals surface area contributed by atoms with Crippen LogP contribution in [0, 0.1) is 0 Å². The summed E-state index contributed by atoms with van der Waals surface area (Å²) in [6.07, 6.45) is -1.44. The van der Waals surface area contributed by atoms with E-state index in [0.29, 0.717) is 22.2 Å². The molecule has 5 rings (SSSR count). The Hall–Kier alpha value is -3.66. The van der Waals surface area contributed by atoms with Gasteiger partial charge in [-0.05, 0) is 60.3 Å². The lowest BCUT2D eigenvalue weighted by molar-refractivity contribution is -0.137. The highest BCUT2D eigenvalue weighted by Gasteiger charge is 2.36. The number of para-hydroxylation sites is 1. The molecule has 192 valence electrons. The zero-order valence-corrected chi connectivity index (χ0v) is 21.6. The van der Waals surface area contributed by atoms with Crippen molar-refractivity contribution in [1.29, 1.82) is 0 Å². The van der Waals surface area contributed by atoms with Gasteiger partial charge in [0.1, 0.15) is 5.57 Å². The second kappa shape index (κ2) is 9.90. The first-order chi connectivity index (χ1) is 18.0. The van der Waals surface area contributed by atoms with Crippen molar-refractivity contribution in [1.82, 2.24) is 9.88 Å². The van der Waals surface area contributed by atoms with Gasteiger partial charge in [-0.3, -0.25) is 19.8 Å². The Morgan fingerprint density at radius 1 is 0.974 bits per heavy atom. The van der Waals surface area contributed by atoms with Crippen molar-refractivity contribution in [2.45, 2.75) is 12.7 Å². The van der Waals surface area contributed by atoms with Crippen LogP contribution in [0.25, 0.3) is 17.0 Å². The number of benzene rings is 3. The van der Waals surface area contributed by atoms with Crippen molar-refractivity contribution in [3.8, 4) is 0 Å². The molecular formula is C27H16Cl2F3N3O2S. The van der Waals surface area contributed by atoms with E-state index in [2.05, 4.69) is 5.32 Å². The molecule has 1 aliphatic rings. The van der Waals surface area contributed by atoms with Crippen molar-refractivity contribution >= 4 is 75.0 Å². The van der Waals surface area contributed by atoms with E-state index in [4.69, 9.17) is 35.4 Å². The van der Waals surface area contributed by atoms with Gasteiger partial charge in [0.15, 0.2) is 5.11 Å². The number of hydrogen-bond donors (Lipinski definition) is 1. The number of rotatable bonds is 4. The third-order valence-electron chi connectivity index (χ3n) is 6.01. The van der Waals surface area contributed by atoms with Crippen LogP contribution < -0.4 is 10.2 Å². The third kappa shape index (κ3) is 4.92. The number of carbonyl (C=O) groups is 2. The Labute approximate surface area is 230 Å². The predicted octanol–water partition coefficient (Wildman–Crippen LogP) is 6.85. The Balaban J connectivity index is 1.56. The van der Waals surface area contributed by atoms with E-state index in [1.54, 1.807) is 18.3 Å². The minimum atomic E-state index is -4.62. The van der Waals surface area contributed by atoms with Crippen molar-refractivity contribution in [3.63, 3.8) is 0 Å². The fourth-order valence-electron chi connectivity index (χ4n) is 4.22. The fraction of sp³-hybridized carbons (Fsp3) is 0.0741. The third-order valence-corrected chi connectivity index (χ3v) is 6.88. The summed E-state index contributed by atoms with van der Waals surface area (Å²) in [5, 5.41) is 3.85. The molecule has 2 heterocycles. The summed E-state index contributed by atoms with van der Waals surface area (Å²) in [5.41, 5.74) is 0.852. The fourth-order valence-corrected chi connectivity index (χ4v) is 4.97. The number of carbonyl (C=O) groups excluding carboxylic acids is 2. The highest BCUT2D eigenvalue weighted by atomic mass is 35.5. The summed E-state index contributed by atoms with van der Waals surface area (Å²) in [7, 11) is 0. The molecule has 1 aromatic heterocycles. The molecule has 0 atom stereocenters. The molecule has 4 aromatic rings. The number of amides is 2. The van der Waals surface area contributed by atoms with Crippen LogP contribution in [-0.4, -0.2) is 21.5 Å². The maximum atomic E-state index is 13.4. The number of aromatic nitrogens is 1. The van der Waals surface area contributed by atoms with Gasteiger partial charge < -0.3 is 4.57 Å². The van der Waals surface area contributed by atoms with Gasteiger partial charge in [0.05, 0.1) is 11.3 Å². The van der Waals surface area contributed by atoms with Gasteiger partial charge in [-0.2, -0.15) is 13.2 Å². The van der Waals surface area contributed by atoms with E-state index in [-0.39, 0.29) is 16.4 Å². The van der Waals surface area contributed by atoms with Gasteiger partial charge in [0.2, 0.25) is 0 Å². The van der Waals surface area contributed by atoms with E-state index >= 15 is 0 Å². The number of hydrogen-bond acceptors (Lipinski definition) is 3. The van der Waals surface area contributed by atoms with Gasteiger partial charge in [0, 0.05) is 39.3 Å². The van der Waals surface area contributed by atoms with Gasteiger partial charge >= 0.3 is 6.18 Å². The molecule has 1 aliphatic heterocycles. The molecule has 2 amide bonds. The van der Waals surface area contributed by atoms with E-state index in [1.165, 1.54) is 18.2 Å². The number of fused-ring (bicyclic) bond motifs is 1. The van der Waals surface area contributed by atoms with Crippen molar-refractivity contribution in [2.24, 2.45) is 0 Å². The lowest BCUT2D eigenvalue weighted by Gasteiger charge is -2.29. The first-order valence-electron chi connectivity index (χ1n) is 11.1. The molecule has 0 aliphatic carbocycles. The van der Waals surface area contributed by atoms with E-state index < -0.39 is 23.6 Å². The smallest absolute Gasteiger partial charge is 0.342 e. The molecule has 5 nitrogen and oxygen atoms in total. The maximum absolute atomic E-state index is 13.4. The first-order valence-corrected chi connectivity index (χ1v) is 12.3. The summed E-state index contributed by atoms with van der Waals surface area (Å²) in [6.45, 7) is 0.389. The highest BCUT2D eigenvalue weighted by molar-refractivity contribution is 7.80. The molecule has 1 saturated heterocycles. The van der Waals surface area contributed by atoms with Crippen LogP contribution in [0.2, 0.25) is 10.0 Å². The van der Waals surface area contributed by atoms with Crippen molar-refractivity contribution in [2.75, 3.05) is 4.90 Å². The Bertz CT molecular complexity index is 1660. The Kier molecular flexibility index (Phi) is 6.77. The van der Waals surface area contributed by atoms with Gasteiger partial charge in [0.25, 0.3) is 11.8 Å². The maximum Gasteiger partial charge on any atom is 0.416 e. The van der Waals surface area contributed by atoms with E-state index in [9.17, 15) is 22.8 Å². The number of halogens is 5. The minimum Gasteiger partial charge on any atom is -0.342 e. The summed E-state index contributed by atoms with van der Waals surface area (Å²) >= 11 is 17.5. The second-order valence-corrected chi connectivity index (χ2v) is 9.70. The number of thiocarbonyl (C=S) groups is 1. The lowest BCUT2D eigenvalue weighted by Crippen LogP contribution is -2.54. The van der Waals surface area contributed by atoms with Crippen molar-refractivity contribution < 1.29 is 22.8 Å². The predicted molar refractivity (Wildman–Crippen MR) is 145 cm³/mol. The highest BCUT2D eigenvalue weighted by Crippen LogP contribution is 2.33. The monoisotopic (exact) mass is 573 g/mol. The summed E-state index contributed by atoms with van der Waals surface area (Å²) < 4.78 is 41.7. The van der Waals surface area contributed by atoms with Crippen LogP contribution in [0.3, 0.4) is 0 Å².